The summed E-state index contributed by atoms with van der Waals surface area (Å²) in [5.74, 6) is 1.39. The molecule has 3 atom stereocenters. The number of aliphatic hydroxyl groups excluding tert-OH is 1. The highest BCUT2D eigenvalue weighted by Gasteiger charge is 2.52. The van der Waals surface area contributed by atoms with Gasteiger partial charge in [-0.1, -0.05) is 56.8 Å². The van der Waals surface area contributed by atoms with E-state index in [2.05, 4.69) is 38.6 Å². The van der Waals surface area contributed by atoms with E-state index in [1.165, 1.54) is 12.0 Å². The van der Waals surface area contributed by atoms with Gasteiger partial charge in [0.05, 0.1) is 6.10 Å². The van der Waals surface area contributed by atoms with Gasteiger partial charge in [0.15, 0.2) is 0 Å². The Kier molecular flexibility index (Phi) is 3.33. The van der Waals surface area contributed by atoms with Gasteiger partial charge in [-0.2, -0.15) is 0 Å². The van der Waals surface area contributed by atoms with Crippen LogP contribution in [0.2, 0.25) is 0 Å². The Morgan fingerprint density at radius 2 is 2.05 bits per heavy atom. The predicted octanol–water partition coefficient (Wildman–Crippen LogP) is 4.44. The average molecular weight is 268 g/mol. The standard InChI is InChI=1S/C19H24O/c1-13(14-7-5-4-6-8-14)11-18(20)16-10-9-15-12-17(16)19(15,2)3/h4-8,10,15,17-18,20H,1,9,11-12H2,2-3H3/t15-,17-,18?/m0/s1. The fourth-order valence-electron chi connectivity index (χ4n) is 3.91. The lowest BCUT2D eigenvalue weighted by molar-refractivity contribution is -0.0210. The zero-order valence-electron chi connectivity index (χ0n) is 12.5. The van der Waals surface area contributed by atoms with Crippen LogP contribution in [-0.2, 0) is 0 Å². The van der Waals surface area contributed by atoms with Crippen LogP contribution in [0, 0.1) is 17.3 Å². The quantitative estimate of drug-likeness (QED) is 0.800. The van der Waals surface area contributed by atoms with E-state index in [4.69, 9.17) is 0 Å². The van der Waals surface area contributed by atoms with Gasteiger partial charge < -0.3 is 5.11 Å². The number of allylic oxidation sites excluding steroid dienone is 1. The minimum atomic E-state index is -0.367. The molecule has 1 heteroatoms. The number of fused-ring (bicyclic) bond motifs is 1. The summed E-state index contributed by atoms with van der Waals surface area (Å²) in [6, 6.07) is 10.2. The van der Waals surface area contributed by atoms with Gasteiger partial charge >= 0.3 is 0 Å². The van der Waals surface area contributed by atoms with Gasteiger partial charge in [0.2, 0.25) is 0 Å². The summed E-state index contributed by atoms with van der Waals surface area (Å²) in [7, 11) is 0. The first kappa shape index (κ1) is 13.6. The van der Waals surface area contributed by atoms with E-state index < -0.39 is 0 Å². The van der Waals surface area contributed by atoms with Crippen molar-refractivity contribution in [2.24, 2.45) is 17.3 Å². The molecule has 0 amide bonds. The summed E-state index contributed by atoms with van der Waals surface area (Å²) >= 11 is 0. The third kappa shape index (κ3) is 2.14. The molecular formula is C19H24O. The normalized spacial score (nSPS) is 28.2. The maximum atomic E-state index is 10.6. The van der Waals surface area contributed by atoms with Crippen molar-refractivity contribution in [1.82, 2.24) is 0 Å². The van der Waals surface area contributed by atoms with E-state index >= 15 is 0 Å². The molecule has 3 aliphatic carbocycles. The molecule has 1 saturated carbocycles. The molecule has 106 valence electrons. The Bertz CT molecular complexity index is 538. The van der Waals surface area contributed by atoms with Crippen LogP contribution in [0.25, 0.3) is 5.57 Å². The molecule has 0 aliphatic heterocycles. The molecular weight excluding hydrogens is 244 g/mol. The van der Waals surface area contributed by atoms with Crippen molar-refractivity contribution in [2.75, 3.05) is 0 Å². The first-order valence-electron chi connectivity index (χ1n) is 7.61. The van der Waals surface area contributed by atoms with Crippen LogP contribution in [0.15, 0.2) is 48.6 Å². The van der Waals surface area contributed by atoms with E-state index in [1.54, 1.807) is 0 Å². The number of hydrogen-bond acceptors (Lipinski definition) is 1. The summed E-state index contributed by atoms with van der Waals surface area (Å²) < 4.78 is 0. The van der Waals surface area contributed by atoms with Crippen molar-refractivity contribution in [3.8, 4) is 0 Å². The van der Waals surface area contributed by atoms with Crippen LogP contribution in [0.4, 0.5) is 0 Å². The summed E-state index contributed by atoms with van der Waals surface area (Å²) in [5.41, 5.74) is 3.79. The molecule has 0 heterocycles. The lowest BCUT2D eigenvalue weighted by atomic mass is 9.48. The molecule has 1 aromatic rings. The summed E-state index contributed by atoms with van der Waals surface area (Å²) in [5, 5.41) is 10.6. The molecule has 2 bridgehead atoms. The lowest BCUT2D eigenvalue weighted by Gasteiger charge is -2.57. The van der Waals surface area contributed by atoms with Gasteiger partial charge in [0.25, 0.3) is 0 Å². The predicted molar refractivity (Wildman–Crippen MR) is 84.2 cm³/mol. The largest absolute Gasteiger partial charge is 0.388 e. The Balaban J connectivity index is 1.70. The SMILES string of the molecule is C=C(CC(O)C1=CC[C@H]2C[C@@H]1C2(C)C)c1ccccc1. The van der Waals surface area contributed by atoms with Crippen molar-refractivity contribution in [3.05, 3.63) is 54.1 Å². The van der Waals surface area contributed by atoms with E-state index in [0.717, 1.165) is 23.5 Å². The summed E-state index contributed by atoms with van der Waals surface area (Å²) in [6.45, 7) is 8.84. The molecule has 0 aromatic heterocycles. The van der Waals surface area contributed by atoms with Crippen LogP contribution < -0.4 is 0 Å². The van der Waals surface area contributed by atoms with E-state index in [1.807, 2.05) is 18.2 Å². The Hall–Kier alpha value is -1.34. The van der Waals surface area contributed by atoms with E-state index in [-0.39, 0.29) is 6.10 Å². The molecule has 1 unspecified atom stereocenters. The Morgan fingerprint density at radius 1 is 1.35 bits per heavy atom. The van der Waals surface area contributed by atoms with Crippen molar-refractivity contribution in [2.45, 2.75) is 39.2 Å². The van der Waals surface area contributed by atoms with Gasteiger partial charge in [0, 0.05) is 6.42 Å². The number of rotatable bonds is 4. The van der Waals surface area contributed by atoms with Crippen molar-refractivity contribution in [1.29, 1.82) is 0 Å². The van der Waals surface area contributed by atoms with Crippen molar-refractivity contribution in [3.63, 3.8) is 0 Å². The maximum absolute atomic E-state index is 10.6. The van der Waals surface area contributed by atoms with Gasteiger partial charge in [-0.05, 0) is 46.8 Å². The smallest absolute Gasteiger partial charge is 0.0793 e. The maximum Gasteiger partial charge on any atom is 0.0793 e. The zero-order valence-corrected chi connectivity index (χ0v) is 12.5. The molecule has 1 aromatic carbocycles. The number of hydrogen-bond donors (Lipinski definition) is 1. The highest BCUT2D eigenvalue weighted by Crippen LogP contribution is 2.60. The van der Waals surface area contributed by atoms with Gasteiger partial charge in [-0.15, -0.1) is 0 Å². The van der Waals surface area contributed by atoms with Crippen LogP contribution in [0.1, 0.15) is 38.7 Å². The molecule has 1 N–H and O–H groups in total. The third-order valence-electron chi connectivity index (χ3n) is 5.52. The van der Waals surface area contributed by atoms with Crippen LogP contribution in [-0.4, -0.2) is 11.2 Å². The summed E-state index contributed by atoms with van der Waals surface area (Å²) in [4.78, 5) is 0. The van der Waals surface area contributed by atoms with Crippen LogP contribution in [0.3, 0.4) is 0 Å². The van der Waals surface area contributed by atoms with Crippen LogP contribution >= 0.6 is 0 Å². The van der Waals surface area contributed by atoms with Gasteiger partial charge in [0.1, 0.15) is 0 Å². The van der Waals surface area contributed by atoms with Gasteiger partial charge in [-0.3, -0.25) is 0 Å². The second-order valence-corrected chi connectivity index (χ2v) is 6.94. The van der Waals surface area contributed by atoms with Crippen molar-refractivity contribution >= 4 is 5.57 Å². The van der Waals surface area contributed by atoms with E-state index in [9.17, 15) is 5.11 Å². The first-order valence-corrected chi connectivity index (χ1v) is 7.61. The summed E-state index contributed by atoms with van der Waals surface area (Å²) in [6.07, 6.45) is 4.95. The fraction of sp³-hybridized carbons (Fsp3) is 0.474. The molecule has 1 nitrogen and oxygen atoms in total. The Morgan fingerprint density at radius 3 is 2.65 bits per heavy atom. The highest BCUT2D eigenvalue weighted by molar-refractivity contribution is 5.64. The van der Waals surface area contributed by atoms with Crippen molar-refractivity contribution < 1.29 is 5.11 Å². The average Bonchev–Trinajstić information content (AvgIpc) is 2.47. The third-order valence-corrected chi connectivity index (χ3v) is 5.52. The molecule has 20 heavy (non-hydrogen) atoms. The fourth-order valence-corrected chi connectivity index (χ4v) is 3.91. The topological polar surface area (TPSA) is 20.2 Å². The molecule has 0 saturated heterocycles. The zero-order chi connectivity index (χ0) is 14.3. The van der Waals surface area contributed by atoms with E-state index in [0.29, 0.717) is 17.8 Å². The molecule has 4 rings (SSSR count). The lowest BCUT2D eigenvalue weighted by Crippen LogP contribution is -2.50. The second kappa shape index (κ2) is 4.89. The second-order valence-electron chi connectivity index (χ2n) is 6.94. The van der Waals surface area contributed by atoms with Gasteiger partial charge in [-0.25, -0.2) is 0 Å². The molecule has 1 fully saturated rings. The number of aliphatic hydroxyl groups is 1. The highest BCUT2D eigenvalue weighted by atomic mass is 16.3. The first-order chi connectivity index (χ1) is 9.50. The molecule has 3 aliphatic rings. The molecule has 0 radical (unpaired) electrons. The van der Waals surface area contributed by atoms with Crippen LogP contribution in [0.5, 0.6) is 0 Å². The monoisotopic (exact) mass is 268 g/mol. The molecule has 0 spiro atoms. The Labute approximate surface area is 122 Å². The number of benzene rings is 1. The minimum absolute atomic E-state index is 0.367. The minimum Gasteiger partial charge on any atom is -0.388 e.